The fourth-order valence-corrected chi connectivity index (χ4v) is 7.65. The number of carbonyl (C=O) groups excluding carboxylic acids is 2. The van der Waals surface area contributed by atoms with Gasteiger partial charge in [-0.05, 0) is 24.0 Å². The zero-order valence-electron chi connectivity index (χ0n) is 14.8. The van der Waals surface area contributed by atoms with Crippen LogP contribution in [0.25, 0.3) is 0 Å². The second-order valence-electron chi connectivity index (χ2n) is 7.23. The first-order chi connectivity index (χ1) is 13.0. The molecule has 0 N–H and O–H groups in total. The van der Waals surface area contributed by atoms with E-state index in [9.17, 15) is 9.59 Å². The largest absolute Gasteiger partial charge is 0.274 e. The Balaban J connectivity index is 1.95. The molecule has 4 unspecified atom stereocenters. The standard InChI is InChI=1S/C19H15Cl6NO2/c1-3-8-6-5-7-9(4-2)12(8)26-15(27)10-11(16(26)28)18(23)14(21)13(20)17(10,22)19(18,24)25/h5-7,10-11H,3-4H2,1-2H3. The molecule has 0 radical (unpaired) electrons. The second-order valence-corrected chi connectivity index (χ2v) is 10.5. The molecular weight excluding hydrogens is 487 g/mol. The van der Waals surface area contributed by atoms with E-state index in [0.29, 0.717) is 18.5 Å². The van der Waals surface area contributed by atoms with Crippen LogP contribution < -0.4 is 4.90 Å². The molecule has 150 valence electrons. The molecule has 28 heavy (non-hydrogen) atoms. The molecule has 4 atom stereocenters. The summed E-state index contributed by atoms with van der Waals surface area (Å²) in [5.41, 5.74) is 2.31. The van der Waals surface area contributed by atoms with Gasteiger partial charge in [-0.1, -0.05) is 78.5 Å². The zero-order valence-corrected chi connectivity index (χ0v) is 19.4. The van der Waals surface area contributed by atoms with Gasteiger partial charge in [0.05, 0.1) is 27.6 Å². The van der Waals surface area contributed by atoms with Gasteiger partial charge in [0, 0.05) is 0 Å². The van der Waals surface area contributed by atoms with Crippen LogP contribution in [0.1, 0.15) is 25.0 Å². The first-order valence-corrected chi connectivity index (χ1v) is 11.1. The minimum absolute atomic E-state index is 0.0837. The maximum atomic E-state index is 13.5. The van der Waals surface area contributed by atoms with Crippen molar-refractivity contribution in [2.24, 2.45) is 11.8 Å². The fraction of sp³-hybridized carbons (Fsp3) is 0.474. The Bertz CT molecular complexity index is 891. The fourth-order valence-electron chi connectivity index (χ4n) is 4.72. The number of aryl methyl sites for hydroxylation is 2. The Kier molecular flexibility index (Phi) is 4.83. The molecule has 1 saturated heterocycles. The Labute approximate surface area is 192 Å². The van der Waals surface area contributed by atoms with Crippen LogP contribution in [0, 0.1) is 11.8 Å². The molecule has 0 spiro atoms. The van der Waals surface area contributed by atoms with Crippen LogP contribution in [-0.2, 0) is 22.4 Å². The van der Waals surface area contributed by atoms with Crippen LogP contribution in [0.5, 0.6) is 0 Å². The highest BCUT2D eigenvalue weighted by Crippen LogP contribution is 2.77. The van der Waals surface area contributed by atoms with E-state index in [1.807, 2.05) is 32.0 Å². The highest BCUT2D eigenvalue weighted by Gasteiger charge is 2.87. The van der Waals surface area contributed by atoms with Gasteiger partial charge in [0.2, 0.25) is 11.8 Å². The topological polar surface area (TPSA) is 37.4 Å². The number of anilines is 1. The SMILES string of the molecule is CCc1cccc(CC)c1N1C(=O)C2C(C1=O)C1(Cl)C(Cl)=C(Cl)C2(Cl)C1(Cl)Cl. The lowest BCUT2D eigenvalue weighted by Gasteiger charge is -2.35. The zero-order chi connectivity index (χ0) is 20.8. The van der Waals surface area contributed by atoms with Crippen LogP contribution in [0.15, 0.2) is 28.3 Å². The Hall–Kier alpha value is -0.160. The van der Waals surface area contributed by atoms with Gasteiger partial charge >= 0.3 is 0 Å². The lowest BCUT2D eigenvalue weighted by Crippen LogP contribution is -2.50. The first kappa shape index (κ1) is 21.1. The van der Waals surface area contributed by atoms with Gasteiger partial charge in [-0.2, -0.15) is 0 Å². The Morgan fingerprint density at radius 2 is 1.25 bits per heavy atom. The molecule has 1 aromatic carbocycles. The monoisotopic (exact) mass is 499 g/mol. The number of hydrogen-bond acceptors (Lipinski definition) is 2. The van der Waals surface area contributed by atoms with Crippen LogP contribution in [-0.4, -0.2) is 25.9 Å². The molecule has 1 aromatic rings. The molecule has 3 nitrogen and oxygen atoms in total. The quantitative estimate of drug-likeness (QED) is 0.390. The second kappa shape index (κ2) is 6.42. The number of nitrogens with zero attached hydrogens (tertiary/aromatic N) is 1. The Morgan fingerprint density at radius 1 is 0.857 bits per heavy atom. The summed E-state index contributed by atoms with van der Waals surface area (Å²) in [6.45, 7) is 3.91. The minimum atomic E-state index is -1.91. The van der Waals surface area contributed by atoms with E-state index in [1.54, 1.807) is 0 Å². The van der Waals surface area contributed by atoms with Crippen molar-refractivity contribution in [3.05, 3.63) is 39.4 Å². The van der Waals surface area contributed by atoms with Crippen LogP contribution in [0.3, 0.4) is 0 Å². The van der Waals surface area contributed by atoms with Crippen molar-refractivity contribution in [3.63, 3.8) is 0 Å². The third-order valence-electron chi connectivity index (χ3n) is 6.10. The number of fused-ring (bicyclic) bond motifs is 5. The first-order valence-electron chi connectivity index (χ1n) is 8.82. The number of halogens is 6. The molecule has 2 fully saturated rings. The number of imide groups is 1. The van der Waals surface area contributed by atoms with Gasteiger partial charge < -0.3 is 0 Å². The van der Waals surface area contributed by atoms with E-state index in [-0.39, 0.29) is 10.1 Å². The summed E-state index contributed by atoms with van der Waals surface area (Å²) in [4.78, 5) is 24.7. The molecule has 1 aliphatic heterocycles. The summed E-state index contributed by atoms with van der Waals surface area (Å²) in [6.07, 6.45) is 1.28. The molecule has 1 heterocycles. The van der Waals surface area contributed by atoms with Crippen molar-refractivity contribution in [3.8, 4) is 0 Å². The summed E-state index contributed by atoms with van der Waals surface area (Å²) in [5, 5.41) is -0.167. The van der Waals surface area contributed by atoms with E-state index in [4.69, 9.17) is 69.6 Å². The number of para-hydroxylation sites is 1. The predicted octanol–water partition coefficient (Wildman–Crippen LogP) is 5.76. The van der Waals surface area contributed by atoms with E-state index < -0.39 is 37.7 Å². The predicted molar refractivity (Wildman–Crippen MR) is 115 cm³/mol. The molecular formula is C19H15Cl6NO2. The maximum absolute atomic E-state index is 13.5. The number of amides is 2. The number of allylic oxidation sites excluding steroid dienone is 2. The van der Waals surface area contributed by atoms with Gasteiger partial charge in [-0.3, -0.25) is 9.59 Å². The number of carbonyl (C=O) groups is 2. The van der Waals surface area contributed by atoms with Crippen molar-refractivity contribution in [2.45, 2.75) is 40.8 Å². The molecule has 3 aliphatic rings. The van der Waals surface area contributed by atoms with Gasteiger partial charge in [-0.25, -0.2) is 4.90 Å². The third-order valence-corrected chi connectivity index (χ3v) is 10.4. The van der Waals surface area contributed by atoms with Gasteiger partial charge in [0.25, 0.3) is 0 Å². The van der Waals surface area contributed by atoms with Gasteiger partial charge in [0.1, 0.15) is 9.75 Å². The normalized spacial score (nSPS) is 35.9. The molecule has 0 aromatic heterocycles. The number of alkyl halides is 4. The van der Waals surface area contributed by atoms with E-state index in [0.717, 1.165) is 11.1 Å². The highest BCUT2D eigenvalue weighted by atomic mass is 35.5. The molecule has 1 saturated carbocycles. The molecule has 9 heteroatoms. The summed E-state index contributed by atoms with van der Waals surface area (Å²) in [6, 6.07) is 5.67. The molecule has 2 aliphatic carbocycles. The number of rotatable bonds is 3. The third kappa shape index (κ3) is 2.07. The number of hydrogen-bond donors (Lipinski definition) is 0. The van der Waals surface area contributed by atoms with E-state index >= 15 is 0 Å². The molecule has 2 bridgehead atoms. The van der Waals surface area contributed by atoms with Crippen LogP contribution in [0.2, 0.25) is 0 Å². The molecule has 2 amide bonds. The van der Waals surface area contributed by atoms with E-state index in [2.05, 4.69) is 0 Å². The van der Waals surface area contributed by atoms with Crippen molar-refractivity contribution in [2.75, 3.05) is 4.90 Å². The van der Waals surface area contributed by atoms with Crippen LogP contribution >= 0.6 is 69.6 Å². The lowest BCUT2D eigenvalue weighted by molar-refractivity contribution is -0.123. The van der Waals surface area contributed by atoms with Crippen molar-refractivity contribution >= 4 is 87.1 Å². The lowest BCUT2D eigenvalue weighted by atomic mass is 9.84. The number of benzene rings is 1. The minimum Gasteiger partial charge on any atom is -0.274 e. The Morgan fingerprint density at radius 3 is 1.61 bits per heavy atom. The smallest absolute Gasteiger partial charge is 0.240 e. The average molecular weight is 502 g/mol. The van der Waals surface area contributed by atoms with E-state index in [1.165, 1.54) is 4.90 Å². The van der Waals surface area contributed by atoms with Gasteiger partial charge in [0.15, 0.2) is 4.33 Å². The van der Waals surface area contributed by atoms with Gasteiger partial charge in [-0.15, -0.1) is 23.2 Å². The molecule has 4 rings (SSSR count). The van der Waals surface area contributed by atoms with Crippen molar-refractivity contribution < 1.29 is 9.59 Å². The summed E-state index contributed by atoms with van der Waals surface area (Å²) in [5.74, 6) is -3.26. The summed E-state index contributed by atoms with van der Waals surface area (Å²) < 4.78 is -1.91. The average Bonchev–Trinajstić information content (AvgIpc) is 3.05. The summed E-state index contributed by atoms with van der Waals surface area (Å²) >= 11 is 39.2. The summed E-state index contributed by atoms with van der Waals surface area (Å²) in [7, 11) is 0. The highest BCUT2D eigenvalue weighted by molar-refractivity contribution is 6.67. The van der Waals surface area contributed by atoms with Crippen molar-refractivity contribution in [1.82, 2.24) is 0 Å². The maximum Gasteiger partial charge on any atom is 0.240 e. The van der Waals surface area contributed by atoms with Crippen molar-refractivity contribution in [1.29, 1.82) is 0 Å². The van der Waals surface area contributed by atoms with Crippen LogP contribution in [0.4, 0.5) is 5.69 Å².